The van der Waals surface area contributed by atoms with Gasteiger partial charge in [-0.05, 0) is 19.4 Å². The van der Waals surface area contributed by atoms with Crippen LogP contribution >= 0.6 is 0 Å². The Kier molecular flexibility index (Phi) is 4.70. The summed E-state index contributed by atoms with van der Waals surface area (Å²) >= 11 is 0. The van der Waals surface area contributed by atoms with Gasteiger partial charge in [-0.25, -0.2) is 0 Å². The number of nitrogens with zero attached hydrogens (tertiary/aromatic N) is 1. The molecule has 0 saturated carbocycles. The van der Waals surface area contributed by atoms with Gasteiger partial charge in [0.2, 0.25) is 0 Å². The Balaban J connectivity index is 3.48. The Morgan fingerprint density at radius 1 is 1.24 bits per heavy atom. The van der Waals surface area contributed by atoms with Gasteiger partial charge in [0.1, 0.15) is 6.61 Å². The lowest BCUT2D eigenvalue weighted by Gasteiger charge is -2.18. The maximum absolute atomic E-state index is 9.55. The standard InChI is InChI=1S/C15H26NO/c1-7-14(9-17)16-13(6)12(5)11(4)8-15(16)10(2)3/h8,10,14,17H,7,9H2,1-6H3/q+1/t14-/m1/s1. The number of rotatable bonds is 4. The van der Waals surface area contributed by atoms with Gasteiger partial charge in [0.15, 0.2) is 17.4 Å². The topological polar surface area (TPSA) is 24.1 Å². The zero-order valence-electron chi connectivity index (χ0n) is 12.0. The zero-order valence-corrected chi connectivity index (χ0v) is 12.0. The van der Waals surface area contributed by atoms with E-state index in [-0.39, 0.29) is 12.6 Å². The Hall–Kier alpha value is -0.890. The van der Waals surface area contributed by atoms with Crippen molar-refractivity contribution in [1.29, 1.82) is 0 Å². The average Bonchev–Trinajstić information content (AvgIpc) is 2.29. The fourth-order valence-electron chi connectivity index (χ4n) is 2.38. The fourth-order valence-corrected chi connectivity index (χ4v) is 2.38. The predicted molar refractivity (Wildman–Crippen MR) is 71.4 cm³/mol. The van der Waals surface area contributed by atoms with Gasteiger partial charge in [-0.15, -0.1) is 0 Å². The second kappa shape index (κ2) is 5.63. The molecule has 0 aliphatic rings. The summed E-state index contributed by atoms with van der Waals surface area (Å²) in [5.41, 5.74) is 5.29. The van der Waals surface area contributed by atoms with E-state index in [1.54, 1.807) is 0 Å². The number of aromatic nitrogens is 1. The van der Waals surface area contributed by atoms with Gasteiger partial charge >= 0.3 is 0 Å². The number of aliphatic hydroxyl groups is 1. The lowest BCUT2D eigenvalue weighted by Crippen LogP contribution is -2.48. The van der Waals surface area contributed by atoms with Gasteiger partial charge in [-0.2, -0.15) is 4.57 Å². The highest BCUT2D eigenvalue weighted by Crippen LogP contribution is 2.19. The number of aliphatic hydroxyl groups excluding tert-OH is 1. The van der Waals surface area contributed by atoms with E-state index in [9.17, 15) is 5.11 Å². The van der Waals surface area contributed by atoms with Crippen molar-refractivity contribution in [3.8, 4) is 0 Å². The predicted octanol–water partition coefficient (Wildman–Crippen LogP) is 2.97. The van der Waals surface area contributed by atoms with E-state index >= 15 is 0 Å². The maximum Gasteiger partial charge on any atom is 0.184 e. The van der Waals surface area contributed by atoms with Crippen molar-refractivity contribution >= 4 is 0 Å². The minimum absolute atomic E-state index is 0.201. The Bertz CT molecular complexity index is 392. The minimum Gasteiger partial charge on any atom is -0.389 e. The van der Waals surface area contributed by atoms with Crippen molar-refractivity contribution < 1.29 is 9.67 Å². The van der Waals surface area contributed by atoms with Gasteiger partial charge in [0.25, 0.3) is 0 Å². The van der Waals surface area contributed by atoms with Gasteiger partial charge in [-0.1, -0.05) is 20.8 Å². The highest BCUT2D eigenvalue weighted by atomic mass is 16.3. The Morgan fingerprint density at radius 2 is 1.82 bits per heavy atom. The van der Waals surface area contributed by atoms with Crippen LogP contribution in [-0.4, -0.2) is 11.7 Å². The molecule has 0 aliphatic carbocycles. The van der Waals surface area contributed by atoms with Gasteiger partial charge in [0, 0.05) is 30.9 Å². The SMILES string of the molecule is CC[C@H](CO)[n+]1c(C(C)C)cc(C)c(C)c1C. The molecular weight excluding hydrogens is 210 g/mol. The molecular formula is C15H26NO+. The monoisotopic (exact) mass is 236 g/mol. The summed E-state index contributed by atoms with van der Waals surface area (Å²) in [6.07, 6.45) is 0.963. The molecule has 2 nitrogen and oxygen atoms in total. The molecule has 1 aromatic heterocycles. The van der Waals surface area contributed by atoms with Crippen molar-refractivity contribution in [2.45, 2.75) is 59.9 Å². The van der Waals surface area contributed by atoms with Crippen LogP contribution in [0.1, 0.15) is 61.7 Å². The average molecular weight is 236 g/mol. The van der Waals surface area contributed by atoms with Crippen LogP contribution in [0.15, 0.2) is 6.07 Å². The van der Waals surface area contributed by atoms with Crippen LogP contribution in [0.25, 0.3) is 0 Å². The number of hydrogen-bond donors (Lipinski definition) is 1. The second-order valence-corrected chi connectivity index (χ2v) is 5.23. The first-order valence-corrected chi connectivity index (χ1v) is 6.57. The highest BCUT2D eigenvalue weighted by molar-refractivity contribution is 5.26. The van der Waals surface area contributed by atoms with E-state index in [0.29, 0.717) is 5.92 Å². The summed E-state index contributed by atoms with van der Waals surface area (Å²) < 4.78 is 2.33. The molecule has 2 heteroatoms. The van der Waals surface area contributed by atoms with E-state index in [1.807, 2.05) is 0 Å². The van der Waals surface area contributed by atoms with Crippen molar-refractivity contribution in [3.63, 3.8) is 0 Å². The normalized spacial score (nSPS) is 13.2. The molecule has 1 aromatic rings. The maximum atomic E-state index is 9.55. The fraction of sp³-hybridized carbons (Fsp3) is 0.667. The van der Waals surface area contributed by atoms with E-state index in [2.05, 4.69) is 52.2 Å². The third-order valence-corrected chi connectivity index (χ3v) is 3.78. The summed E-state index contributed by atoms with van der Waals surface area (Å²) in [6.45, 7) is 13.3. The third-order valence-electron chi connectivity index (χ3n) is 3.78. The highest BCUT2D eigenvalue weighted by Gasteiger charge is 2.26. The summed E-state index contributed by atoms with van der Waals surface area (Å²) in [5, 5.41) is 9.55. The van der Waals surface area contributed by atoms with Crippen LogP contribution in [0.3, 0.4) is 0 Å². The van der Waals surface area contributed by atoms with Gasteiger partial charge < -0.3 is 5.11 Å². The minimum atomic E-state index is 0.201. The van der Waals surface area contributed by atoms with Crippen LogP contribution in [0.4, 0.5) is 0 Å². The first-order chi connectivity index (χ1) is 7.93. The van der Waals surface area contributed by atoms with Crippen LogP contribution in [0, 0.1) is 20.8 Å². The molecule has 0 bridgehead atoms. The molecule has 1 heterocycles. The van der Waals surface area contributed by atoms with Crippen molar-refractivity contribution in [3.05, 3.63) is 28.6 Å². The van der Waals surface area contributed by atoms with Crippen molar-refractivity contribution in [1.82, 2.24) is 0 Å². The molecule has 0 aromatic carbocycles. The molecule has 0 unspecified atom stereocenters. The first kappa shape index (κ1) is 14.2. The summed E-state index contributed by atoms with van der Waals surface area (Å²) in [6, 6.07) is 2.47. The van der Waals surface area contributed by atoms with Crippen LogP contribution in [-0.2, 0) is 0 Å². The van der Waals surface area contributed by atoms with Gasteiger partial charge in [0.05, 0.1) is 0 Å². The Labute approximate surface area is 105 Å². The third kappa shape index (κ3) is 2.68. The molecule has 0 radical (unpaired) electrons. The molecule has 0 spiro atoms. The second-order valence-electron chi connectivity index (χ2n) is 5.23. The Morgan fingerprint density at radius 3 is 2.24 bits per heavy atom. The van der Waals surface area contributed by atoms with Crippen LogP contribution < -0.4 is 4.57 Å². The largest absolute Gasteiger partial charge is 0.389 e. The van der Waals surface area contributed by atoms with Crippen molar-refractivity contribution in [2.75, 3.05) is 6.61 Å². The van der Waals surface area contributed by atoms with E-state index in [1.165, 1.54) is 22.5 Å². The lowest BCUT2D eigenvalue weighted by molar-refractivity contribution is -0.738. The molecule has 0 fully saturated rings. The molecule has 96 valence electrons. The zero-order chi connectivity index (χ0) is 13.2. The van der Waals surface area contributed by atoms with E-state index in [4.69, 9.17) is 0 Å². The van der Waals surface area contributed by atoms with Crippen LogP contribution in [0.2, 0.25) is 0 Å². The van der Waals surface area contributed by atoms with Crippen molar-refractivity contribution in [2.24, 2.45) is 0 Å². The van der Waals surface area contributed by atoms with E-state index in [0.717, 1.165) is 6.42 Å². The number of hydrogen-bond acceptors (Lipinski definition) is 1. The quantitative estimate of drug-likeness (QED) is 0.798. The summed E-state index contributed by atoms with van der Waals surface area (Å²) in [5.74, 6) is 0.480. The van der Waals surface area contributed by atoms with Gasteiger partial charge in [-0.3, -0.25) is 0 Å². The smallest absolute Gasteiger partial charge is 0.184 e. The molecule has 0 amide bonds. The molecule has 17 heavy (non-hydrogen) atoms. The molecule has 0 aliphatic heterocycles. The summed E-state index contributed by atoms with van der Waals surface area (Å²) in [4.78, 5) is 0. The molecule has 0 saturated heterocycles. The first-order valence-electron chi connectivity index (χ1n) is 6.57. The lowest BCUT2D eigenvalue weighted by atomic mass is 10.00. The van der Waals surface area contributed by atoms with Crippen LogP contribution in [0.5, 0.6) is 0 Å². The molecule has 1 rings (SSSR count). The number of pyridine rings is 1. The molecule has 1 N–H and O–H groups in total. The molecule has 1 atom stereocenters. The number of aryl methyl sites for hydroxylation is 1. The van der Waals surface area contributed by atoms with E-state index < -0.39 is 0 Å². The summed E-state index contributed by atoms with van der Waals surface area (Å²) in [7, 11) is 0.